The van der Waals surface area contributed by atoms with Gasteiger partial charge in [0.15, 0.2) is 0 Å². The first-order chi connectivity index (χ1) is 12.1. The van der Waals surface area contributed by atoms with E-state index in [0.717, 1.165) is 11.4 Å². The van der Waals surface area contributed by atoms with E-state index >= 15 is 0 Å². The third-order valence-corrected chi connectivity index (χ3v) is 4.08. The Hall–Kier alpha value is -3.29. The van der Waals surface area contributed by atoms with Crippen LogP contribution in [0.2, 0.25) is 5.02 Å². The van der Waals surface area contributed by atoms with Gasteiger partial charge in [0.05, 0.1) is 17.2 Å². The zero-order valence-electron chi connectivity index (χ0n) is 13.1. The highest BCUT2D eigenvalue weighted by molar-refractivity contribution is 6.32. The maximum absolute atomic E-state index is 11.0. The highest BCUT2D eigenvalue weighted by Crippen LogP contribution is 2.26. The Kier molecular flexibility index (Phi) is 4.69. The Labute approximate surface area is 149 Å². The monoisotopic (exact) mass is 348 g/mol. The number of carboxylic acids is 1. The average molecular weight is 349 g/mol. The first-order valence-electron chi connectivity index (χ1n) is 7.48. The molecular weight excluding hydrogens is 336 g/mol. The van der Waals surface area contributed by atoms with E-state index < -0.39 is 5.97 Å². The highest BCUT2D eigenvalue weighted by Gasteiger charge is 2.09. The van der Waals surface area contributed by atoms with Gasteiger partial charge in [-0.05, 0) is 48.5 Å². The second kappa shape index (κ2) is 7.08. The van der Waals surface area contributed by atoms with Crippen LogP contribution in [-0.2, 0) is 0 Å². The summed E-state index contributed by atoms with van der Waals surface area (Å²) in [7, 11) is 0. The Bertz CT molecular complexity index is 995. The molecule has 122 valence electrons. The number of rotatable bonds is 4. The van der Waals surface area contributed by atoms with Gasteiger partial charge in [-0.1, -0.05) is 29.8 Å². The van der Waals surface area contributed by atoms with E-state index in [9.17, 15) is 10.1 Å². The van der Waals surface area contributed by atoms with Gasteiger partial charge in [-0.25, -0.2) is 4.79 Å². The predicted molar refractivity (Wildman–Crippen MR) is 97.7 cm³/mol. The van der Waals surface area contributed by atoms with Crippen LogP contribution in [-0.4, -0.2) is 15.6 Å². The minimum Gasteiger partial charge on any atom is -0.478 e. The number of benzene rings is 2. The molecule has 1 aromatic heterocycles. The lowest BCUT2D eigenvalue weighted by atomic mass is 10.1. The molecule has 0 bridgehead atoms. The summed E-state index contributed by atoms with van der Waals surface area (Å²) in [5.74, 6) is -0.968. The summed E-state index contributed by atoms with van der Waals surface area (Å²) in [6, 6.07) is 19.6. The lowest BCUT2D eigenvalue weighted by Gasteiger charge is -2.08. The molecule has 0 spiro atoms. The molecule has 0 aliphatic rings. The Morgan fingerprint density at radius 1 is 1.08 bits per heavy atom. The summed E-state index contributed by atoms with van der Waals surface area (Å²) < 4.78 is 1.87. The molecule has 3 rings (SSSR count). The fraction of sp³-hybridized carbons (Fsp3) is 0. The minimum absolute atomic E-state index is 0.224. The first kappa shape index (κ1) is 16.6. The number of hydrogen-bond acceptors (Lipinski definition) is 2. The van der Waals surface area contributed by atoms with Crippen molar-refractivity contribution < 1.29 is 9.90 Å². The summed E-state index contributed by atoms with van der Waals surface area (Å²) in [5.41, 5.74) is 2.94. The summed E-state index contributed by atoms with van der Waals surface area (Å²) in [6.07, 6.45) is 3.61. The molecule has 0 saturated heterocycles. The third kappa shape index (κ3) is 3.47. The number of aromatic nitrogens is 1. The minimum atomic E-state index is -0.968. The van der Waals surface area contributed by atoms with E-state index in [2.05, 4.69) is 6.07 Å². The Morgan fingerprint density at radius 2 is 1.80 bits per heavy atom. The van der Waals surface area contributed by atoms with Crippen LogP contribution in [0.5, 0.6) is 0 Å². The summed E-state index contributed by atoms with van der Waals surface area (Å²) in [5, 5.41) is 19.0. The molecule has 0 amide bonds. The number of halogens is 1. The van der Waals surface area contributed by atoms with E-state index in [-0.39, 0.29) is 5.56 Å². The van der Waals surface area contributed by atoms with Gasteiger partial charge >= 0.3 is 5.97 Å². The SMILES string of the molecule is N#CC(=Cc1cccn1-c1ccc(C(=O)O)cc1)c1ccccc1Cl. The van der Waals surface area contributed by atoms with Gasteiger partial charge in [0.2, 0.25) is 0 Å². The molecule has 0 fully saturated rings. The molecule has 0 aliphatic heterocycles. The molecule has 0 saturated carbocycles. The van der Waals surface area contributed by atoms with E-state index in [1.165, 1.54) is 0 Å². The zero-order valence-corrected chi connectivity index (χ0v) is 13.8. The standard InChI is InChI=1S/C20H13ClN2O2/c21-19-6-2-1-5-18(19)15(13-22)12-17-4-3-11-23(17)16-9-7-14(8-10-16)20(24)25/h1-12H,(H,24,25). The van der Waals surface area contributed by atoms with Gasteiger partial charge in [-0.3, -0.25) is 0 Å². The van der Waals surface area contributed by atoms with Gasteiger partial charge in [0.1, 0.15) is 0 Å². The van der Waals surface area contributed by atoms with Crippen molar-refractivity contribution >= 4 is 29.2 Å². The molecule has 0 aliphatic carbocycles. The number of carboxylic acid groups (broad SMARTS) is 1. The van der Waals surface area contributed by atoms with Crippen LogP contribution in [0, 0.1) is 11.3 Å². The van der Waals surface area contributed by atoms with Crippen molar-refractivity contribution in [1.29, 1.82) is 5.26 Å². The largest absolute Gasteiger partial charge is 0.478 e. The van der Waals surface area contributed by atoms with Gasteiger partial charge in [-0.15, -0.1) is 0 Å². The topological polar surface area (TPSA) is 66.0 Å². The van der Waals surface area contributed by atoms with Crippen molar-refractivity contribution in [3.63, 3.8) is 0 Å². The van der Waals surface area contributed by atoms with Crippen LogP contribution < -0.4 is 0 Å². The molecule has 1 N–H and O–H groups in total. The smallest absolute Gasteiger partial charge is 0.335 e. The van der Waals surface area contributed by atoms with Crippen molar-refractivity contribution in [2.75, 3.05) is 0 Å². The number of nitriles is 1. The lowest BCUT2D eigenvalue weighted by molar-refractivity contribution is 0.0697. The molecule has 1 heterocycles. The second-order valence-electron chi connectivity index (χ2n) is 5.30. The molecule has 25 heavy (non-hydrogen) atoms. The molecule has 4 nitrogen and oxygen atoms in total. The Morgan fingerprint density at radius 3 is 2.44 bits per heavy atom. The van der Waals surface area contributed by atoms with Gasteiger partial charge < -0.3 is 9.67 Å². The molecule has 0 unspecified atom stereocenters. The second-order valence-corrected chi connectivity index (χ2v) is 5.71. The molecule has 5 heteroatoms. The summed E-state index contributed by atoms with van der Waals surface area (Å²) >= 11 is 6.19. The third-order valence-electron chi connectivity index (χ3n) is 3.75. The molecule has 0 radical (unpaired) electrons. The Balaban J connectivity index is 2.03. The van der Waals surface area contributed by atoms with Crippen molar-refractivity contribution in [1.82, 2.24) is 4.57 Å². The fourth-order valence-corrected chi connectivity index (χ4v) is 2.75. The quantitative estimate of drug-likeness (QED) is 0.682. The van der Waals surface area contributed by atoms with Crippen LogP contribution in [0.1, 0.15) is 21.6 Å². The van der Waals surface area contributed by atoms with Crippen molar-refractivity contribution in [3.8, 4) is 11.8 Å². The van der Waals surface area contributed by atoms with Crippen LogP contribution >= 0.6 is 11.6 Å². The summed E-state index contributed by atoms with van der Waals surface area (Å²) in [6.45, 7) is 0. The first-order valence-corrected chi connectivity index (χ1v) is 7.86. The molecular formula is C20H13ClN2O2. The molecule has 2 aromatic carbocycles. The molecule has 0 atom stereocenters. The van der Waals surface area contributed by atoms with E-state index in [1.54, 1.807) is 42.5 Å². The lowest BCUT2D eigenvalue weighted by Crippen LogP contribution is -1.99. The molecule has 3 aromatic rings. The highest BCUT2D eigenvalue weighted by atomic mass is 35.5. The van der Waals surface area contributed by atoms with Gasteiger partial charge in [0, 0.05) is 28.2 Å². The number of aromatic carboxylic acids is 1. The van der Waals surface area contributed by atoms with Crippen molar-refractivity contribution in [2.45, 2.75) is 0 Å². The van der Waals surface area contributed by atoms with Crippen LogP contribution in [0.15, 0.2) is 66.9 Å². The fourth-order valence-electron chi connectivity index (χ4n) is 2.51. The van der Waals surface area contributed by atoms with Crippen LogP contribution in [0.25, 0.3) is 17.3 Å². The maximum Gasteiger partial charge on any atom is 0.335 e. The number of hydrogen-bond donors (Lipinski definition) is 1. The summed E-state index contributed by atoms with van der Waals surface area (Å²) in [4.78, 5) is 11.0. The van der Waals surface area contributed by atoms with Crippen LogP contribution in [0.4, 0.5) is 0 Å². The average Bonchev–Trinajstić information content (AvgIpc) is 3.08. The number of carbonyl (C=O) groups is 1. The van der Waals surface area contributed by atoms with E-state index in [0.29, 0.717) is 16.2 Å². The van der Waals surface area contributed by atoms with Gasteiger partial charge in [0.25, 0.3) is 0 Å². The normalized spacial score (nSPS) is 11.1. The predicted octanol–water partition coefficient (Wildman–Crippen LogP) is 4.89. The van der Waals surface area contributed by atoms with Gasteiger partial charge in [-0.2, -0.15) is 5.26 Å². The number of allylic oxidation sites excluding steroid dienone is 1. The van der Waals surface area contributed by atoms with E-state index in [4.69, 9.17) is 16.7 Å². The number of nitrogens with zero attached hydrogens (tertiary/aromatic N) is 2. The van der Waals surface area contributed by atoms with E-state index in [1.807, 2.05) is 35.0 Å². The van der Waals surface area contributed by atoms with Crippen molar-refractivity contribution in [2.24, 2.45) is 0 Å². The van der Waals surface area contributed by atoms with Crippen molar-refractivity contribution in [3.05, 3.63) is 88.7 Å². The van der Waals surface area contributed by atoms with Crippen LogP contribution in [0.3, 0.4) is 0 Å². The maximum atomic E-state index is 11.0. The zero-order chi connectivity index (χ0) is 17.8.